The molecule has 0 amide bonds. The summed E-state index contributed by atoms with van der Waals surface area (Å²) in [4.78, 5) is 90.0. The molecule has 0 radical (unpaired) electrons. The van der Waals surface area contributed by atoms with Crippen molar-refractivity contribution in [2.45, 2.75) is 253 Å². The number of Topliss-reactive ketones (excluding diaryl/α,β-unsaturated/α-hetero) is 6. The van der Waals surface area contributed by atoms with E-state index in [1.165, 1.54) is 0 Å². The summed E-state index contributed by atoms with van der Waals surface area (Å²) in [7, 11) is 0. The molecule has 15 saturated carbocycles. The molecule has 11 aliphatic heterocycles. The first-order valence-corrected chi connectivity index (χ1v) is 42.1. The van der Waals surface area contributed by atoms with Crippen molar-refractivity contribution < 1.29 is 123 Å². The van der Waals surface area contributed by atoms with Crippen LogP contribution in [0.2, 0.25) is 0 Å². The molecule has 25 fully saturated rings. The first-order chi connectivity index (χ1) is 52.1. The molecule has 25 nitrogen and oxygen atoms in total. The van der Waals surface area contributed by atoms with Crippen molar-refractivity contribution in [3.05, 3.63) is 59.9 Å². The lowest BCUT2D eigenvalue weighted by Gasteiger charge is -2.76. The minimum absolute atomic E-state index is 0.0940. The molecule has 112 heavy (non-hydrogen) atoms. The predicted octanol–water partition coefficient (Wildman–Crippen LogP) is 3.90. The number of fused-ring (bicyclic) bond motifs is 8. The Labute approximate surface area is 658 Å². The molecule has 16 bridgehead atoms. The fourth-order valence-corrected chi connectivity index (χ4v) is 35.4. The molecule has 36 atom stereocenters. The molecule has 16 aliphatic carbocycles. The number of alkyl halides is 2. The van der Waals surface area contributed by atoms with Gasteiger partial charge in [-0.05, 0) is 176 Å². The predicted molar refractivity (Wildman–Crippen MR) is 386 cm³/mol. The summed E-state index contributed by atoms with van der Waals surface area (Å²) in [6.45, 7) is 31.3. The highest BCUT2D eigenvalue weighted by Crippen LogP contribution is 2.89. The second kappa shape index (κ2) is 21.0. The van der Waals surface area contributed by atoms with Crippen LogP contribution in [0.15, 0.2) is 59.9 Å². The maximum Gasteiger partial charge on any atom is 0.208 e. The summed E-state index contributed by atoms with van der Waals surface area (Å²) in [6.07, 6.45) is -6.39. The molecule has 0 aromatic heterocycles. The third-order valence-corrected chi connectivity index (χ3v) is 37.8. The molecule has 610 valence electrons. The number of aliphatic hydroxyl groups excluding tert-OH is 8. The van der Waals surface area contributed by atoms with Crippen LogP contribution in [0.5, 0.6) is 0 Å². The zero-order chi connectivity index (χ0) is 80.3. The lowest BCUT2D eigenvalue weighted by atomic mass is 9.33. The highest BCUT2D eigenvalue weighted by atomic mass is 35.5. The first-order valence-electron chi connectivity index (χ1n) is 41.0. The first kappa shape index (κ1) is 75.8. The molecule has 10 spiro atoms. The molecule has 0 aromatic carbocycles. The van der Waals surface area contributed by atoms with Crippen molar-refractivity contribution in [2.24, 2.45) is 136 Å². The van der Waals surface area contributed by atoms with Gasteiger partial charge in [0, 0.05) is 47.3 Å². The quantitative estimate of drug-likeness (QED) is 0.0929. The van der Waals surface area contributed by atoms with Crippen molar-refractivity contribution in [1.82, 2.24) is 0 Å². The zero-order valence-corrected chi connectivity index (χ0v) is 66.2. The van der Waals surface area contributed by atoms with Crippen LogP contribution in [-0.2, 0) is 61.9 Å². The van der Waals surface area contributed by atoms with Crippen LogP contribution in [0.25, 0.3) is 0 Å². The molecule has 27 rings (SSSR count). The summed E-state index contributed by atoms with van der Waals surface area (Å²) in [6, 6.07) is 0. The van der Waals surface area contributed by atoms with E-state index >= 15 is 9.59 Å². The normalized spacial score (nSPS) is 60.6. The average Bonchev–Trinajstić information content (AvgIpc) is 1.41. The summed E-state index contributed by atoms with van der Waals surface area (Å²) in [5.41, 5.74) is -18.8. The monoisotopic (exact) mass is 1600 g/mol. The molecule has 27 heteroatoms. The number of ketones is 6. The third-order valence-electron chi connectivity index (χ3n) is 37.8. The number of epoxide rings is 1. The van der Waals surface area contributed by atoms with Crippen LogP contribution >= 0.6 is 23.2 Å². The van der Waals surface area contributed by atoms with Gasteiger partial charge in [-0.3, -0.25) is 28.8 Å². The van der Waals surface area contributed by atoms with Gasteiger partial charge < -0.3 is 94.4 Å². The van der Waals surface area contributed by atoms with E-state index in [2.05, 4.69) is 26.3 Å². The summed E-state index contributed by atoms with van der Waals surface area (Å²) in [5, 5.41) is 147. The van der Waals surface area contributed by atoms with E-state index in [-0.39, 0.29) is 91.3 Å². The molecular weight excluding hydrogens is 1490 g/mol. The molecule has 11 heterocycles. The van der Waals surface area contributed by atoms with Gasteiger partial charge in [0.1, 0.15) is 63.0 Å². The largest absolute Gasteiger partial charge is 0.483 e. The van der Waals surface area contributed by atoms with Gasteiger partial charge in [0.25, 0.3) is 0 Å². The number of halogens is 2. The second-order valence-corrected chi connectivity index (χ2v) is 43.5. The summed E-state index contributed by atoms with van der Waals surface area (Å²) >= 11 is 9.53. The van der Waals surface area contributed by atoms with E-state index in [9.17, 15) is 80.5 Å². The number of hydrogen-bond acceptors (Lipinski definition) is 25. The highest BCUT2D eigenvalue weighted by Gasteiger charge is 3.00. The number of ether oxygens (including phenoxy) is 7. The second-order valence-electron chi connectivity index (χ2n) is 42.7. The van der Waals surface area contributed by atoms with E-state index in [1.807, 2.05) is 55.4 Å². The van der Waals surface area contributed by atoms with Gasteiger partial charge in [0.2, 0.25) is 28.9 Å². The maximum atomic E-state index is 16.2. The lowest BCUT2D eigenvalue weighted by molar-refractivity contribution is -0.474. The van der Waals surface area contributed by atoms with Crippen molar-refractivity contribution in [2.75, 3.05) is 31.8 Å². The van der Waals surface area contributed by atoms with Gasteiger partial charge >= 0.3 is 0 Å². The van der Waals surface area contributed by atoms with Gasteiger partial charge in [-0.2, -0.15) is 0 Å². The summed E-state index contributed by atoms with van der Waals surface area (Å²) < 4.78 is 47.2. The van der Waals surface area contributed by atoms with Crippen LogP contribution in [0, 0.1) is 136 Å². The van der Waals surface area contributed by atoms with E-state index in [0.29, 0.717) is 82.8 Å². The number of aliphatic hydroxyl groups is 12. The van der Waals surface area contributed by atoms with E-state index in [4.69, 9.17) is 56.4 Å². The lowest BCUT2D eigenvalue weighted by Crippen LogP contribution is -2.89. The standard InChI is InChI=1S/C42H52O13.C42H52O12.CH2Cl2/c1-17-19-7-9-21-36-15-52-40(50,38(21,25(17)43)27(19)45)29(47)23(36)32(3,4)13-34(31(36)49)11-12-35-14-33(5,6)24-30(48)41(51)39-22(10-8-20(28(39)46)18(2)26(39)44)37(24,16-53-41)42(35,54-34)55-35;1-17-20-7-9-22-37-15-52-41(50,39(22,26(17)43)28(20)45)30(47)24(37)34(3,4)13-19-11-12-36(54-32(19)37)14-35(5,6)25-31(48)42(51)40-23(38(25,16-53-42)33(36)49)10-8-21(29(40)46)18(2)27(40)44;2-1-3/h19-24,27-30,45-48,50-51H,1-2,7-16H2,3-6H3;20-25,28-31,45-48,50-51H,1-2,7-16H2,3-6H3;1H2/t19-,20-,21-,22-,23+,24+,27+,28+,29-,30-,34+,35-,36-,37-,38-,39-,40-,41-,42-;20-,21-,22-,23-,24+,25+,28+,29+,30-,31-,36+,37-,38-,39-,40-,41-,42-;/m00./s1. The van der Waals surface area contributed by atoms with Crippen molar-refractivity contribution in [1.29, 1.82) is 0 Å². The summed E-state index contributed by atoms with van der Waals surface area (Å²) in [5.74, 6) is -22.4. The Hall–Kier alpha value is -3.62. The van der Waals surface area contributed by atoms with Gasteiger partial charge in [-0.15, -0.1) is 23.2 Å². The minimum Gasteiger partial charge on any atom is -0.483 e. The molecule has 10 saturated heterocycles. The zero-order valence-electron chi connectivity index (χ0n) is 64.7. The molecule has 0 aromatic rings. The van der Waals surface area contributed by atoms with Crippen LogP contribution in [-0.4, -0.2) is 222 Å². The number of hydrogen-bond donors (Lipinski definition) is 12. The minimum atomic E-state index is -2.44. The topological polar surface area (TPSA) is 413 Å². The van der Waals surface area contributed by atoms with Gasteiger partial charge in [0.05, 0.1) is 77.8 Å². The van der Waals surface area contributed by atoms with Crippen LogP contribution in [0.1, 0.15) is 158 Å². The van der Waals surface area contributed by atoms with Gasteiger partial charge in [-0.25, -0.2) is 0 Å². The Balaban J connectivity index is 0.000000137. The maximum absolute atomic E-state index is 16.2. The Morgan fingerprint density at radius 3 is 1.16 bits per heavy atom. The number of rotatable bonds is 0. The van der Waals surface area contributed by atoms with Gasteiger partial charge in [0.15, 0.2) is 40.3 Å². The number of carbonyl (C=O) groups excluding carboxylic acids is 6. The Morgan fingerprint density at radius 1 is 0.393 bits per heavy atom. The fourth-order valence-electron chi connectivity index (χ4n) is 35.4. The Kier molecular flexibility index (Phi) is 14.2. The van der Waals surface area contributed by atoms with E-state index < -0.39 is 254 Å². The fraction of sp³-hybridized carbons (Fsp3) is 0.812. The van der Waals surface area contributed by atoms with Crippen LogP contribution in [0.4, 0.5) is 0 Å². The molecule has 0 unspecified atom stereocenters. The Bertz CT molecular complexity index is 4570. The van der Waals surface area contributed by atoms with Gasteiger partial charge in [-0.1, -0.05) is 81.7 Å². The number of allylic oxidation sites excluding steroid dienone is 1. The molecule has 12 N–H and O–H groups in total. The molecule has 27 aliphatic rings. The smallest absolute Gasteiger partial charge is 0.208 e. The highest BCUT2D eigenvalue weighted by molar-refractivity contribution is 6.40. The van der Waals surface area contributed by atoms with E-state index in [0.717, 1.165) is 5.57 Å². The average molecular weight is 1600 g/mol. The van der Waals surface area contributed by atoms with Crippen molar-refractivity contribution in [3.8, 4) is 0 Å². The molecular formula is C85H106Cl2O25. The SMILES string of the molecule is C=C1C(=O)[C@]23[C@H](O)[C@H]1CC[C@H]2[C@@]12CO[C@@]3(O)[C@@H](O)[C@@H]1C(C)(C)C[C@]1(CCC3=C(O1)[C@]14CO[C@@](O)([C@@H](O)[C@@H]1C(C)(C)C3)[C@]13C(=O)C(=C)[C@H](CC[C@@H]41)[C@H]3O)C2=O.C=C1C(=O)[C@]23[C@H](O)[C@H]1CC[C@H]2[C@@]12CO[C@@]3(O)[C@@H](O)[C@@H]1C(C)(C)C[C@]1(CC[C@]34CC(C)(C)[C@H]5[C@H](O)[C@]6(O)OC[C@@]5([C@@H]5CC[C@H]7C(=C)C(=O)[C@]56[C@@H]7O)[C@@]3(O1)O4)C2=O.ClCCl. The van der Waals surface area contributed by atoms with Crippen molar-refractivity contribution >= 4 is 57.9 Å². The Morgan fingerprint density at radius 2 is 0.732 bits per heavy atom. The third kappa shape index (κ3) is 6.85. The van der Waals surface area contributed by atoms with Crippen LogP contribution in [0.3, 0.4) is 0 Å². The van der Waals surface area contributed by atoms with Crippen molar-refractivity contribution in [3.63, 3.8) is 0 Å². The van der Waals surface area contributed by atoms with Crippen LogP contribution < -0.4 is 0 Å². The number of carbonyl (C=O) groups is 6. The van der Waals surface area contributed by atoms with E-state index in [1.54, 1.807) is 0 Å².